The van der Waals surface area contributed by atoms with Crippen LogP contribution in [0.15, 0.2) is 42.5 Å². The molecule has 1 heterocycles. The first-order valence-electron chi connectivity index (χ1n) is 10.4. The molecule has 0 saturated heterocycles. The van der Waals surface area contributed by atoms with Gasteiger partial charge in [-0.05, 0) is 56.2 Å². The summed E-state index contributed by atoms with van der Waals surface area (Å²) in [5.74, 6) is -0.139. The summed E-state index contributed by atoms with van der Waals surface area (Å²) in [4.78, 5) is 12.7. The number of carbonyl (C=O) groups excluding carboxylic acids is 1. The van der Waals surface area contributed by atoms with E-state index in [-0.39, 0.29) is 19.1 Å². The number of nitrogen functional groups attached to an aromatic ring is 1. The first-order chi connectivity index (χ1) is 14.9. The van der Waals surface area contributed by atoms with E-state index in [9.17, 15) is 4.79 Å². The first kappa shape index (κ1) is 22.5. The molecule has 0 unspecified atom stereocenters. The summed E-state index contributed by atoms with van der Waals surface area (Å²) in [7, 11) is 0. The summed E-state index contributed by atoms with van der Waals surface area (Å²) in [5, 5.41) is 16.4. The summed E-state index contributed by atoms with van der Waals surface area (Å²) in [5.41, 5.74) is 13.3. The second-order valence-corrected chi connectivity index (χ2v) is 7.53. The number of ether oxygens (including phenoxy) is 1. The topological polar surface area (TPSA) is 102 Å². The fraction of sp³-hybridized carbons (Fsp3) is 0.333. The number of nitrogens with one attached hydrogen (secondary N) is 1. The van der Waals surface area contributed by atoms with Gasteiger partial charge in [0, 0.05) is 35.5 Å². The minimum atomic E-state index is -0.139. The van der Waals surface area contributed by atoms with Crippen molar-refractivity contribution in [2.45, 2.75) is 27.2 Å². The molecule has 164 valence electrons. The molecule has 1 aromatic heterocycles. The zero-order chi connectivity index (χ0) is 22.4. The molecule has 0 aliphatic rings. The van der Waals surface area contributed by atoms with E-state index < -0.39 is 0 Å². The number of aliphatic hydroxyl groups is 1. The minimum absolute atomic E-state index is 0.0287. The van der Waals surface area contributed by atoms with Crippen LogP contribution in [0.1, 0.15) is 38.4 Å². The highest BCUT2D eigenvalue weighted by atomic mass is 16.5. The highest BCUT2D eigenvalue weighted by Gasteiger charge is 2.17. The van der Waals surface area contributed by atoms with Crippen LogP contribution in [0.4, 0.5) is 5.69 Å². The van der Waals surface area contributed by atoms with Crippen LogP contribution < -0.4 is 11.1 Å². The monoisotopic (exact) mass is 422 g/mol. The van der Waals surface area contributed by atoms with Crippen molar-refractivity contribution in [2.75, 3.05) is 32.1 Å². The van der Waals surface area contributed by atoms with E-state index in [0.29, 0.717) is 25.1 Å². The Bertz CT molecular complexity index is 1060. The molecule has 4 N–H and O–H groups in total. The van der Waals surface area contributed by atoms with Crippen LogP contribution in [0, 0.1) is 20.8 Å². The minimum Gasteiger partial charge on any atom is -0.399 e. The molecule has 0 bridgehead atoms. The average Bonchev–Trinajstić information content (AvgIpc) is 3.04. The third kappa shape index (κ3) is 5.31. The Balaban J connectivity index is 1.81. The Morgan fingerprint density at radius 3 is 2.68 bits per heavy atom. The van der Waals surface area contributed by atoms with Gasteiger partial charge >= 0.3 is 0 Å². The Morgan fingerprint density at radius 2 is 1.94 bits per heavy atom. The highest BCUT2D eigenvalue weighted by molar-refractivity contribution is 5.95. The van der Waals surface area contributed by atoms with Crippen LogP contribution in [0.25, 0.3) is 5.69 Å². The summed E-state index contributed by atoms with van der Waals surface area (Å²) >= 11 is 0. The Hall–Kier alpha value is -3.16. The lowest BCUT2D eigenvalue weighted by atomic mass is 9.98. The summed E-state index contributed by atoms with van der Waals surface area (Å²) in [6, 6.07) is 13.5. The molecular formula is C24H30N4O3. The molecule has 7 heteroatoms. The van der Waals surface area contributed by atoms with E-state index >= 15 is 0 Å². The predicted molar refractivity (Wildman–Crippen MR) is 122 cm³/mol. The molecule has 1 amide bonds. The fourth-order valence-electron chi connectivity index (χ4n) is 3.56. The lowest BCUT2D eigenvalue weighted by Crippen LogP contribution is -2.28. The van der Waals surface area contributed by atoms with Crippen molar-refractivity contribution < 1.29 is 14.6 Å². The number of hydrogen-bond acceptors (Lipinski definition) is 5. The number of benzene rings is 2. The van der Waals surface area contributed by atoms with Crippen LogP contribution in [0.3, 0.4) is 0 Å². The quantitative estimate of drug-likeness (QED) is 0.363. The second kappa shape index (κ2) is 10.2. The molecule has 3 aromatic rings. The Morgan fingerprint density at radius 1 is 1.16 bits per heavy atom. The maximum absolute atomic E-state index is 12.7. The zero-order valence-electron chi connectivity index (χ0n) is 18.3. The van der Waals surface area contributed by atoms with Gasteiger partial charge in [-0.15, -0.1) is 0 Å². The standard InChI is InChI=1S/C24H30N4O3/c1-16-14-20(8-9-23(16)25)28-18(3)22(17(2)27-28)15-19-6-4-5-7-21(19)24(30)26-10-12-31-13-11-29/h4-9,14,29H,10-13,15,25H2,1-3H3,(H,26,30). The summed E-state index contributed by atoms with van der Waals surface area (Å²) in [6.07, 6.45) is 0.607. The number of anilines is 1. The molecule has 0 spiro atoms. The zero-order valence-corrected chi connectivity index (χ0v) is 18.3. The lowest BCUT2D eigenvalue weighted by Gasteiger charge is -2.11. The second-order valence-electron chi connectivity index (χ2n) is 7.53. The highest BCUT2D eigenvalue weighted by Crippen LogP contribution is 2.24. The van der Waals surface area contributed by atoms with Gasteiger partial charge in [-0.3, -0.25) is 4.79 Å². The van der Waals surface area contributed by atoms with Crippen LogP contribution in [-0.2, 0) is 11.2 Å². The van der Waals surface area contributed by atoms with Gasteiger partial charge < -0.3 is 20.9 Å². The van der Waals surface area contributed by atoms with Crippen LogP contribution in [0.2, 0.25) is 0 Å². The molecule has 0 atom stereocenters. The van der Waals surface area contributed by atoms with Crippen molar-refractivity contribution >= 4 is 11.6 Å². The fourth-order valence-corrected chi connectivity index (χ4v) is 3.56. The predicted octanol–water partition coefficient (Wildman–Crippen LogP) is 2.71. The number of aromatic nitrogens is 2. The maximum Gasteiger partial charge on any atom is 0.251 e. The number of carbonyl (C=O) groups is 1. The van der Waals surface area contributed by atoms with E-state index in [0.717, 1.165) is 39.5 Å². The van der Waals surface area contributed by atoms with Crippen LogP contribution >= 0.6 is 0 Å². The Labute approximate surface area is 182 Å². The summed E-state index contributed by atoms with van der Waals surface area (Å²) in [6.45, 7) is 7.00. The van der Waals surface area contributed by atoms with E-state index in [1.165, 1.54) is 0 Å². The smallest absolute Gasteiger partial charge is 0.251 e. The first-order valence-corrected chi connectivity index (χ1v) is 10.4. The molecule has 0 fully saturated rings. The van der Waals surface area contributed by atoms with Gasteiger partial charge in [-0.25, -0.2) is 4.68 Å². The van der Waals surface area contributed by atoms with E-state index in [4.69, 9.17) is 20.7 Å². The molecule has 3 rings (SSSR count). The van der Waals surface area contributed by atoms with Crippen molar-refractivity contribution in [3.8, 4) is 5.69 Å². The van der Waals surface area contributed by atoms with E-state index in [2.05, 4.69) is 5.32 Å². The van der Waals surface area contributed by atoms with Gasteiger partial charge in [0.25, 0.3) is 5.91 Å². The number of rotatable bonds is 9. The third-order valence-corrected chi connectivity index (χ3v) is 5.34. The third-order valence-electron chi connectivity index (χ3n) is 5.34. The lowest BCUT2D eigenvalue weighted by molar-refractivity contribution is 0.0837. The summed E-state index contributed by atoms with van der Waals surface area (Å²) < 4.78 is 7.13. The Kier molecular flexibility index (Phi) is 7.44. The van der Waals surface area contributed by atoms with Gasteiger partial charge in [0.15, 0.2) is 0 Å². The van der Waals surface area contributed by atoms with Gasteiger partial charge in [0.1, 0.15) is 0 Å². The maximum atomic E-state index is 12.7. The van der Waals surface area contributed by atoms with Gasteiger partial charge in [0.2, 0.25) is 0 Å². The largest absolute Gasteiger partial charge is 0.399 e. The van der Waals surface area contributed by atoms with Crippen molar-refractivity contribution in [3.63, 3.8) is 0 Å². The molecule has 0 aliphatic heterocycles. The van der Waals surface area contributed by atoms with Crippen LogP contribution in [-0.4, -0.2) is 47.2 Å². The number of hydrogen-bond donors (Lipinski definition) is 3. The molecular weight excluding hydrogens is 392 g/mol. The number of nitrogens with zero attached hydrogens (tertiary/aromatic N) is 2. The van der Waals surface area contributed by atoms with E-state index in [1.54, 1.807) is 0 Å². The van der Waals surface area contributed by atoms with Gasteiger partial charge in [0.05, 0.1) is 31.2 Å². The van der Waals surface area contributed by atoms with Crippen molar-refractivity contribution in [1.82, 2.24) is 15.1 Å². The molecule has 0 radical (unpaired) electrons. The molecule has 0 saturated carbocycles. The van der Waals surface area contributed by atoms with Crippen molar-refractivity contribution in [2.24, 2.45) is 0 Å². The van der Waals surface area contributed by atoms with Crippen molar-refractivity contribution in [3.05, 3.63) is 76.1 Å². The SMILES string of the molecule is Cc1cc(-n2nc(C)c(Cc3ccccc3C(=O)NCCOCCO)c2C)ccc1N. The molecule has 2 aromatic carbocycles. The number of aryl methyl sites for hydroxylation is 2. The molecule has 31 heavy (non-hydrogen) atoms. The van der Waals surface area contributed by atoms with Crippen molar-refractivity contribution in [1.29, 1.82) is 0 Å². The van der Waals surface area contributed by atoms with Crippen LogP contribution in [0.5, 0.6) is 0 Å². The normalized spacial score (nSPS) is 11.0. The number of aliphatic hydroxyl groups excluding tert-OH is 1. The number of amides is 1. The van der Waals surface area contributed by atoms with Gasteiger partial charge in [-0.2, -0.15) is 5.10 Å². The molecule has 7 nitrogen and oxygen atoms in total. The number of nitrogens with two attached hydrogens (primary N) is 1. The molecule has 0 aliphatic carbocycles. The average molecular weight is 423 g/mol. The van der Waals surface area contributed by atoms with Gasteiger partial charge in [-0.1, -0.05) is 18.2 Å². The van der Waals surface area contributed by atoms with E-state index in [1.807, 2.05) is 67.9 Å².